The predicted molar refractivity (Wildman–Crippen MR) is 114 cm³/mol. The van der Waals surface area contributed by atoms with Crippen LogP contribution in [0, 0.1) is 0 Å². The molecule has 2 aromatic carbocycles. The first-order valence-corrected chi connectivity index (χ1v) is 9.87. The van der Waals surface area contributed by atoms with Gasteiger partial charge in [-0.3, -0.25) is 14.3 Å². The Morgan fingerprint density at radius 3 is 2.48 bits per heavy atom. The zero-order valence-electron chi connectivity index (χ0n) is 16.2. The zero-order chi connectivity index (χ0) is 20.6. The smallest absolute Gasteiger partial charge is 0.255 e. The summed E-state index contributed by atoms with van der Waals surface area (Å²) in [6.45, 7) is 2.91. The Morgan fingerprint density at radius 2 is 1.76 bits per heavy atom. The molecule has 3 rings (SSSR count). The minimum Gasteiger partial charge on any atom is -0.355 e. The van der Waals surface area contributed by atoms with Gasteiger partial charge in [0, 0.05) is 23.3 Å². The lowest BCUT2D eigenvalue weighted by Gasteiger charge is -2.06. The molecule has 0 saturated carbocycles. The minimum atomic E-state index is -0.346. The summed E-state index contributed by atoms with van der Waals surface area (Å²) in [5.74, 6) is -0.564. The summed E-state index contributed by atoms with van der Waals surface area (Å²) in [5.41, 5.74) is 2.70. The molecule has 0 atom stereocenters. The third-order valence-corrected chi connectivity index (χ3v) is 4.69. The van der Waals surface area contributed by atoms with Crippen molar-refractivity contribution in [3.8, 4) is 11.3 Å². The lowest BCUT2D eigenvalue weighted by atomic mass is 10.1. The van der Waals surface area contributed by atoms with Crippen LogP contribution in [0.25, 0.3) is 11.3 Å². The molecule has 0 spiro atoms. The normalized spacial score (nSPS) is 10.6. The first kappa shape index (κ1) is 20.6. The maximum Gasteiger partial charge on any atom is 0.255 e. The standard InChI is InChI=1S/C22H23ClN4O2/c1-2-12-24-20(28)13-25-22(29)18-15-27(14-17-10-6-7-11-19(17)23)26-21(18)16-8-4-3-5-9-16/h3-11,15H,2,12-14H2,1H3,(H,24,28)(H,25,29). The van der Waals surface area contributed by atoms with Crippen molar-refractivity contribution in [1.29, 1.82) is 0 Å². The molecule has 2 N–H and O–H groups in total. The molecule has 0 fully saturated rings. The third-order valence-electron chi connectivity index (χ3n) is 4.33. The summed E-state index contributed by atoms with van der Waals surface area (Å²) in [7, 11) is 0. The van der Waals surface area contributed by atoms with Crippen LogP contribution in [0.1, 0.15) is 29.3 Å². The van der Waals surface area contributed by atoms with Gasteiger partial charge in [0.15, 0.2) is 0 Å². The maximum atomic E-state index is 12.8. The highest BCUT2D eigenvalue weighted by Gasteiger charge is 2.19. The Balaban J connectivity index is 1.84. The van der Waals surface area contributed by atoms with Gasteiger partial charge in [-0.25, -0.2) is 0 Å². The highest BCUT2D eigenvalue weighted by Crippen LogP contribution is 2.23. The molecular weight excluding hydrogens is 388 g/mol. The summed E-state index contributed by atoms with van der Waals surface area (Å²) in [5, 5.41) is 10.7. The van der Waals surface area contributed by atoms with Gasteiger partial charge in [-0.2, -0.15) is 5.10 Å². The van der Waals surface area contributed by atoms with E-state index < -0.39 is 0 Å². The first-order chi connectivity index (χ1) is 14.1. The Morgan fingerprint density at radius 1 is 1.03 bits per heavy atom. The molecule has 2 amide bonds. The number of aromatic nitrogens is 2. The number of nitrogens with one attached hydrogen (secondary N) is 2. The monoisotopic (exact) mass is 410 g/mol. The number of halogens is 1. The second-order valence-electron chi connectivity index (χ2n) is 6.58. The number of amides is 2. The highest BCUT2D eigenvalue weighted by molar-refractivity contribution is 6.31. The van der Waals surface area contributed by atoms with E-state index in [2.05, 4.69) is 15.7 Å². The summed E-state index contributed by atoms with van der Waals surface area (Å²) in [6.07, 6.45) is 2.53. The van der Waals surface area contributed by atoms with Crippen LogP contribution in [0.3, 0.4) is 0 Å². The minimum absolute atomic E-state index is 0.0806. The van der Waals surface area contributed by atoms with Crippen LogP contribution in [0.5, 0.6) is 0 Å². The van der Waals surface area contributed by atoms with Gasteiger partial charge in [-0.05, 0) is 18.1 Å². The molecule has 29 heavy (non-hydrogen) atoms. The number of benzene rings is 2. The molecule has 6 nitrogen and oxygen atoms in total. The molecule has 0 radical (unpaired) electrons. The van der Waals surface area contributed by atoms with E-state index in [0.717, 1.165) is 17.5 Å². The van der Waals surface area contributed by atoms with Crippen molar-refractivity contribution in [3.63, 3.8) is 0 Å². The van der Waals surface area contributed by atoms with Crippen molar-refractivity contribution in [2.45, 2.75) is 19.9 Å². The van der Waals surface area contributed by atoms with E-state index in [-0.39, 0.29) is 18.4 Å². The molecule has 1 aromatic heterocycles. The average molecular weight is 411 g/mol. The average Bonchev–Trinajstić information content (AvgIpc) is 3.17. The van der Waals surface area contributed by atoms with Crippen LogP contribution in [0.2, 0.25) is 5.02 Å². The van der Waals surface area contributed by atoms with E-state index in [1.165, 1.54) is 0 Å². The molecule has 0 aliphatic carbocycles. The van der Waals surface area contributed by atoms with Crippen LogP contribution < -0.4 is 10.6 Å². The fraction of sp³-hybridized carbons (Fsp3) is 0.227. The Bertz CT molecular complexity index is 985. The topological polar surface area (TPSA) is 76.0 Å². The SMILES string of the molecule is CCCNC(=O)CNC(=O)c1cn(Cc2ccccc2Cl)nc1-c1ccccc1. The Labute approximate surface area is 174 Å². The van der Waals surface area contributed by atoms with Crippen LogP contribution in [0.4, 0.5) is 0 Å². The molecule has 0 aliphatic heterocycles. The van der Waals surface area contributed by atoms with Crippen molar-refractivity contribution >= 4 is 23.4 Å². The van der Waals surface area contributed by atoms with Gasteiger partial charge in [0.25, 0.3) is 5.91 Å². The Kier molecular flexibility index (Phi) is 7.03. The van der Waals surface area contributed by atoms with E-state index in [1.54, 1.807) is 10.9 Å². The molecule has 0 aliphatic rings. The molecular formula is C22H23ClN4O2. The summed E-state index contributed by atoms with van der Waals surface area (Å²) < 4.78 is 1.69. The lowest BCUT2D eigenvalue weighted by molar-refractivity contribution is -0.120. The second kappa shape index (κ2) is 9.89. The zero-order valence-corrected chi connectivity index (χ0v) is 16.9. The highest BCUT2D eigenvalue weighted by atomic mass is 35.5. The number of carbonyl (C=O) groups excluding carboxylic acids is 2. The number of hydrogen-bond acceptors (Lipinski definition) is 3. The Hall–Kier alpha value is -3.12. The number of rotatable bonds is 8. The van der Waals surface area contributed by atoms with Crippen molar-refractivity contribution in [3.05, 3.63) is 76.9 Å². The summed E-state index contributed by atoms with van der Waals surface area (Å²) in [6, 6.07) is 17.0. The molecule has 7 heteroatoms. The van der Waals surface area contributed by atoms with Crippen molar-refractivity contribution in [1.82, 2.24) is 20.4 Å². The molecule has 0 saturated heterocycles. The van der Waals surface area contributed by atoms with Gasteiger partial charge in [0.2, 0.25) is 5.91 Å². The predicted octanol–water partition coefficient (Wildman–Crippen LogP) is 3.51. The van der Waals surface area contributed by atoms with Gasteiger partial charge >= 0.3 is 0 Å². The van der Waals surface area contributed by atoms with Crippen molar-refractivity contribution in [2.24, 2.45) is 0 Å². The van der Waals surface area contributed by atoms with Crippen molar-refractivity contribution in [2.75, 3.05) is 13.1 Å². The fourth-order valence-electron chi connectivity index (χ4n) is 2.86. The molecule has 150 valence electrons. The van der Waals surface area contributed by atoms with E-state index in [4.69, 9.17) is 11.6 Å². The van der Waals surface area contributed by atoms with Gasteiger partial charge in [-0.1, -0.05) is 67.1 Å². The molecule has 3 aromatic rings. The quantitative estimate of drug-likeness (QED) is 0.596. The number of nitrogens with zero attached hydrogens (tertiary/aromatic N) is 2. The van der Waals surface area contributed by atoms with Crippen LogP contribution in [0.15, 0.2) is 60.8 Å². The largest absolute Gasteiger partial charge is 0.355 e. The first-order valence-electron chi connectivity index (χ1n) is 9.49. The van der Waals surface area contributed by atoms with Gasteiger partial charge < -0.3 is 10.6 Å². The van der Waals surface area contributed by atoms with E-state index in [0.29, 0.717) is 29.4 Å². The molecule has 0 unspecified atom stereocenters. The number of carbonyl (C=O) groups is 2. The maximum absolute atomic E-state index is 12.8. The van der Waals surface area contributed by atoms with Gasteiger partial charge in [0.1, 0.15) is 5.69 Å². The van der Waals surface area contributed by atoms with Crippen LogP contribution >= 0.6 is 11.6 Å². The number of hydrogen-bond donors (Lipinski definition) is 2. The molecule has 0 bridgehead atoms. The van der Waals surface area contributed by atoms with Crippen LogP contribution in [-0.2, 0) is 11.3 Å². The second-order valence-corrected chi connectivity index (χ2v) is 6.99. The molecule has 1 heterocycles. The fourth-order valence-corrected chi connectivity index (χ4v) is 3.06. The van der Waals surface area contributed by atoms with E-state index in [1.807, 2.05) is 61.5 Å². The lowest BCUT2D eigenvalue weighted by Crippen LogP contribution is -2.37. The van der Waals surface area contributed by atoms with E-state index >= 15 is 0 Å². The van der Waals surface area contributed by atoms with E-state index in [9.17, 15) is 9.59 Å². The third kappa shape index (κ3) is 5.45. The van der Waals surface area contributed by atoms with Crippen LogP contribution in [-0.4, -0.2) is 34.7 Å². The van der Waals surface area contributed by atoms with Crippen molar-refractivity contribution < 1.29 is 9.59 Å². The van der Waals surface area contributed by atoms with Gasteiger partial charge in [-0.15, -0.1) is 0 Å². The summed E-state index contributed by atoms with van der Waals surface area (Å²) in [4.78, 5) is 24.6. The summed E-state index contributed by atoms with van der Waals surface area (Å²) >= 11 is 6.26. The van der Waals surface area contributed by atoms with Gasteiger partial charge in [0.05, 0.1) is 18.7 Å².